The summed E-state index contributed by atoms with van der Waals surface area (Å²) >= 11 is 0. The van der Waals surface area contributed by atoms with E-state index in [1.165, 1.54) is 122 Å². The number of carbonyl (C=O) groups is 1. The molecule has 1 amide bonds. The molecule has 0 bridgehead atoms. The van der Waals surface area contributed by atoms with Gasteiger partial charge >= 0.3 is 0 Å². The van der Waals surface area contributed by atoms with Crippen LogP contribution in [-0.4, -0.2) is 193 Å². The number of hydrogen-bond donors (Lipinski definition) is 12. The van der Waals surface area contributed by atoms with Gasteiger partial charge in [-0.15, -0.1) is 0 Å². The van der Waals surface area contributed by atoms with Gasteiger partial charge in [0.2, 0.25) is 5.91 Å². The molecule has 17 unspecified atom stereocenters. The number of allylic oxidation sites excluding steroid dienone is 5. The minimum absolute atomic E-state index is 0.233. The molecule has 3 heterocycles. The van der Waals surface area contributed by atoms with Crippen molar-refractivity contribution in [3.8, 4) is 0 Å². The number of hydrogen-bond acceptors (Lipinski definition) is 18. The topological polar surface area (TPSA) is 307 Å². The Balaban J connectivity index is 1.48. The average molecular weight is 1120 g/mol. The van der Waals surface area contributed by atoms with E-state index < -0.39 is 124 Å². The predicted molar refractivity (Wildman–Crippen MR) is 296 cm³/mol. The maximum absolute atomic E-state index is 13.2. The molecule has 19 heteroatoms. The number of aliphatic hydroxyl groups excluding tert-OH is 11. The smallest absolute Gasteiger partial charge is 0.220 e. The van der Waals surface area contributed by atoms with Gasteiger partial charge in [-0.25, -0.2) is 0 Å². The van der Waals surface area contributed by atoms with Crippen LogP contribution in [0.2, 0.25) is 0 Å². The Bertz CT molecular complexity index is 1570. The minimum atomic E-state index is -1.98. The van der Waals surface area contributed by atoms with Crippen LogP contribution in [-0.2, 0) is 33.2 Å². The maximum atomic E-state index is 13.2. The van der Waals surface area contributed by atoms with Crippen LogP contribution in [0.25, 0.3) is 0 Å². The van der Waals surface area contributed by atoms with E-state index in [4.69, 9.17) is 28.4 Å². The highest BCUT2D eigenvalue weighted by atomic mass is 16.8. The van der Waals surface area contributed by atoms with Gasteiger partial charge in [0.05, 0.1) is 38.6 Å². The van der Waals surface area contributed by atoms with E-state index >= 15 is 0 Å². The van der Waals surface area contributed by atoms with E-state index in [0.29, 0.717) is 12.8 Å². The van der Waals surface area contributed by atoms with Crippen LogP contribution < -0.4 is 5.32 Å². The van der Waals surface area contributed by atoms with Gasteiger partial charge in [-0.1, -0.05) is 185 Å². The second-order valence-electron chi connectivity index (χ2n) is 21.8. The molecule has 3 rings (SSSR count). The molecule has 3 fully saturated rings. The van der Waals surface area contributed by atoms with Crippen LogP contribution in [0, 0.1) is 0 Å². The number of nitrogens with one attached hydrogen (secondary N) is 1. The van der Waals surface area contributed by atoms with E-state index in [2.05, 4.69) is 43.5 Å². The summed E-state index contributed by atoms with van der Waals surface area (Å²) < 4.78 is 34.2. The van der Waals surface area contributed by atoms with Crippen LogP contribution in [0.15, 0.2) is 36.5 Å². The summed E-state index contributed by atoms with van der Waals surface area (Å²) in [6.45, 7) is 1.66. The fourth-order valence-electron chi connectivity index (χ4n) is 10.2. The van der Waals surface area contributed by atoms with Crippen molar-refractivity contribution in [3.05, 3.63) is 36.5 Å². The Morgan fingerprint density at radius 2 is 0.821 bits per heavy atom. The van der Waals surface area contributed by atoms with Gasteiger partial charge in [0.1, 0.15) is 73.2 Å². The molecule has 0 saturated carbocycles. The van der Waals surface area contributed by atoms with Crippen molar-refractivity contribution >= 4 is 5.91 Å². The van der Waals surface area contributed by atoms with Gasteiger partial charge in [-0.3, -0.25) is 4.79 Å². The zero-order valence-electron chi connectivity index (χ0n) is 47.4. The molecule has 456 valence electrons. The summed E-state index contributed by atoms with van der Waals surface area (Å²) in [7, 11) is 0. The third kappa shape index (κ3) is 26.5. The van der Waals surface area contributed by atoms with Crippen molar-refractivity contribution in [2.75, 3.05) is 26.4 Å². The molecule has 3 aliphatic rings. The number of aliphatic hydroxyl groups is 11. The Morgan fingerprint density at radius 1 is 0.449 bits per heavy atom. The number of ether oxygens (including phenoxy) is 6. The van der Waals surface area contributed by atoms with Gasteiger partial charge in [0.15, 0.2) is 18.9 Å². The van der Waals surface area contributed by atoms with E-state index in [0.717, 1.165) is 44.9 Å². The van der Waals surface area contributed by atoms with Crippen molar-refractivity contribution in [2.45, 2.75) is 304 Å². The van der Waals surface area contributed by atoms with Crippen molar-refractivity contribution in [1.29, 1.82) is 0 Å². The SMILES string of the molecule is CCCCCCCCCCCCCCCC/C=C/CC/C=C/CC/C=C/C(O)C(COC1OC(CO)C(OC2OC(CO)C(OC3OC(CO)C(O)C(O)C3O)C(O)C2O)C(O)C1O)NC(=O)CCCCCCCCCCC. The third-order valence-corrected chi connectivity index (χ3v) is 15.2. The third-order valence-electron chi connectivity index (χ3n) is 15.2. The van der Waals surface area contributed by atoms with Gasteiger partial charge in [-0.05, 0) is 44.9 Å². The van der Waals surface area contributed by atoms with Crippen molar-refractivity contribution in [2.24, 2.45) is 0 Å². The molecule has 0 aromatic heterocycles. The molecule has 19 nitrogen and oxygen atoms in total. The summed E-state index contributed by atoms with van der Waals surface area (Å²) in [5.41, 5.74) is 0. The van der Waals surface area contributed by atoms with Crippen molar-refractivity contribution in [1.82, 2.24) is 5.32 Å². The normalized spacial score (nSPS) is 30.7. The second-order valence-corrected chi connectivity index (χ2v) is 21.8. The average Bonchev–Trinajstić information content (AvgIpc) is 3.43. The number of unbranched alkanes of at least 4 members (excludes halogenated alkanes) is 24. The molecule has 0 aliphatic carbocycles. The zero-order valence-corrected chi connectivity index (χ0v) is 47.4. The van der Waals surface area contributed by atoms with E-state index in [9.17, 15) is 61.0 Å². The minimum Gasteiger partial charge on any atom is -0.394 e. The fourth-order valence-corrected chi connectivity index (χ4v) is 10.2. The fraction of sp³-hybridized carbons (Fsp3) is 0.881. The quantitative estimate of drug-likeness (QED) is 0.0271. The van der Waals surface area contributed by atoms with Crippen molar-refractivity contribution < 1.29 is 89.4 Å². The first kappa shape index (κ1) is 70.3. The molecular weight excluding hydrogens is 1010 g/mol. The monoisotopic (exact) mass is 1120 g/mol. The van der Waals surface area contributed by atoms with Crippen molar-refractivity contribution in [3.63, 3.8) is 0 Å². The molecule has 3 saturated heterocycles. The molecule has 12 N–H and O–H groups in total. The lowest BCUT2D eigenvalue weighted by atomic mass is 9.96. The summed E-state index contributed by atoms with van der Waals surface area (Å²) in [5.74, 6) is -0.294. The molecule has 78 heavy (non-hydrogen) atoms. The lowest BCUT2D eigenvalue weighted by Crippen LogP contribution is -2.66. The van der Waals surface area contributed by atoms with Gasteiger partial charge < -0.3 is 89.9 Å². The van der Waals surface area contributed by atoms with E-state index in [-0.39, 0.29) is 18.9 Å². The summed E-state index contributed by atoms with van der Waals surface area (Å²) in [5, 5.41) is 120. The molecule has 3 aliphatic heterocycles. The van der Waals surface area contributed by atoms with Crippen LogP contribution >= 0.6 is 0 Å². The Labute approximate surface area is 466 Å². The Hall–Kier alpha value is -1.99. The zero-order chi connectivity index (χ0) is 56.9. The highest BCUT2D eigenvalue weighted by molar-refractivity contribution is 5.76. The number of rotatable bonds is 44. The summed E-state index contributed by atoms with van der Waals surface area (Å²) in [6, 6.07) is -0.991. The van der Waals surface area contributed by atoms with E-state index in [1.54, 1.807) is 6.08 Å². The Morgan fingerprint density at radius 3 is 1.28 bits per heavy atom. The van der Waals surface area contributed by atoms with Gasteiger partial charge in [0.25, 0.3) is 0 Å². The first-order valence-electron chi connectivity index (χ1n) is 30.2. The second kappa shape index (κ2) is 42.8. The first-order valence-corrected chi connectivity index (χ1v) is 30.2. The van der Waals surface area contributed by atoms with E-state index in [1.807, 2.05) is 6.08 Å². The number of carbonyl (C=O) groups excluding carboxylic acids is 1. The van der Waals surface area contributed by atoms with Crippen LogP contribution in [0.3, 0.4) is 0 Å². The largest absolute Gasteiger partial charge is 0.394 e. The molecule has 0 aromatic rings. The van der Waals surface area contributed by atoms with Crippen LogP contribution in [0.4, 0.5) is 0 Å². The lowest BCUT2D eigenvalue weighted by Gasteiger charge is -2.48. The van der Waals surface area contributed by atoms with Gasteiger partial charge in [0, 0.05) is 6.42 Å². The molecule has 0 spiro atoms. The highest BCUT2D eigenvalue weighted by Crippen LogP contribution is 2.33. The van der Waals surface area contributed by atoms with Crippen LogP contribution in [0.1, 0.15) is 200 Å². The molecule has 0 radical (unpaired) electrons. The van der Waals surface area contributed by atoms with Gasteiger partial charge in [-0.2, -0.15) is 0 Å². The van der Waals surface area contributed by atoms with Crippen LogP contribution in [0.5, 0.6) is 0 Å². The maximum Gasteiger partial charge on any atom is 0.220 e. The summed E-state index contributed by atoms with van der Waals surface area (Å²) in [4.78, 5) is 13.2. The molecule has 0 aromatic carbocycles. The lowest BCUT2D eigenvalue weighted by molar-refractivity contribution is -0.379. The molecular formula is C59H107NO18. The Kier molecular flexibility index (Phi) is 38.5. The molecule has 17 atom stereocenters. The predicted octanol–water partition coefficient (Wildman–Crippen LogP) is 5.32. The highest BCUT2D eigenvalue weighted by Gasteiger charge is 2.53. The standard InChI is InChI=1S/C59H107NO18/c1-3-5-7-9-11-13-14-15-16-17-18-19-20-21-22-23-24-25-26-27-29-30-32-34-36-43(64)42(60-47(65)37-35-33-31-28-12-10-8-6-4-2)41-73-57-53(71)50(68)55(45(39-62)75-57)78-59-54(72)51(69)56(46(40-63)76-59)77-58-52(70)49(67)48(66)44(38-61)74-58/h23-24,27,29,34,36,42-46,48-59,61-64,66-72H,3-22,25-26,28,30-33,35,37-41H2,1-2H3,(H,60,65)/b24-23+,29-27+,36-34+. The summed E-state index contributed by atoms with van der Waals surface area (Å²) in [6.07, 6.45) is 18.8. The number of amides is 1. The first-order chi connectivity index (χ1) is 37.8.